The third-order valence-electron chi connectivity index (χ3n) is 4.62. The van der Waals surface area contributed by atoms with Crippen LogP contribution in [0.2, 0.25) is 0 Å². The van der Waals surface area contributed by atoms with Gasteiger partial charge in [0.25, 0.3) is 0 Å². The maximum atomic E-state index is 5.49. The van der Waals surface area contributed by atoms with E-state index in [0.29, 0.717) is 0 Å². The number of fused-ring (bicyclic) bond motifs is 1. The number of methoxy groups -OCH3 is 1. The molecule has 0 bridgehead atoms. The summed E-state index contributed by atoms with van der Waals surface area (Å²) in [5.74, 6) is 2.79. The van der Waals surface area contributed by atoms with Gasteiger partial charge >= 0.3 is 0 Å². The maximum absolute atomic E-state index is 5.49. The molecule has 1 aromatic carbocycles. The molecule has 2 saturated heterocycles. The summed E-state index contributed by atoms with van der Waals surface area (Å²) in [4.78, 5) is 2.59. The Bertz CT molecular complexity index is 446. The molecule has 0 amide bonds. The van der Waals surface area contributed by atoms with Gasteiger partial charge in [0.1, 0.15) is 5.75 Å². The third kappa shape index (κ3) is 2.77. The number of hydrogen-bond donors (Lipinski definition) is 1. The number of nitrogens with one attached hydrogen (secondary N) is 1. The molecule has 0 aromatic heterocycles. The lowest BCUT2D eigenvalue weighted by Crippen LogP contribution is -2.39. The van der Waals surface area contributed by atoms with Gasteiger partial charge in [-0.15, -0.1) is 0 Å². The second kappa shape index (κ2) is 5.51. The molecule has 19 heavy (non-hydrogen) atoms. The van der Waals surface area contributed by atoms with Crippen molar-refractivity contribution in [3.8, 4) is 5.75 Å². The number of nitrogens with zero attached hydrogens (tertiary/aromatic N) is 1. The Morgan fingerprint density at radius 3 is 3.00 bits per heavy atom. The number of benzene rings is 1. The molecule has 2 atom stereocenters. The first-order valence-electron chi connectivity index (χ1n) is 7.33. The van der Waals surface area contributed by atoms with Crippen molar-refractivity contribution < 1.29 is 4.74 Å². The van der Waals surface area contributed by atoms with Crippen molar-refractivity contribution in [1.82, 2.24) is 10.2 Å². The van der Waals surface area contributed by atoms with E-state index in [9.17, 15) is 0 Å². The summed E-state index contributed by atoms with van der Waals surface area (Å²) in [7, 11) is 1.77. The second-order valence-corrected chi connectivity index (χ2v) is 6.02. The van der Waals surface area contributed by atoms with Crippen LogP contribution in [0.4, 0.5) is 0 Å². The molecule has 0 saturated carbocycles. The summed E-state index contributed by atoms with van der Waals surface area (Å²) in [6, 6.07) is 6.47. The van der Waals surface area contributed by atoms with Crippen LogP contribution < -0.4 is 10.1 Å². The molecule has 2 aliphatic heterocycles. The topological polar surface area (TPSA) is 24.5 Å². The van der Waals surface area contributed by atoms with E-state index >= 15 is 0 Å². The molecule has 1 N–H and O–H groups in total. The fraction of sp³-hybridized carbons (Fsp3) is 0.625. The molecule has 3 heteroatoms. The zero-order chi connectivity index (χ0) is 13.2. The van der Waals surface area contributed by atoms with E-state index < -0.39 is 0 Å². The zero-order valence-corrected chi connectivity index (χ0v) is 12.0. The molecule has 2 fully saturated rings. The largest absolute Gasteiger partial charge is 0.496 e. The number of rotatable bonds is 3. The lowest BCUT2D eigenvalue weighted by atomic mass is 9.88. The van der Waals surface area contributed by atoms with Gasteiger partial charge in [0.05, 0.1) is 7.11 Å². The van der Waals surface area contributed by atoms with Crippen LogP contribution in [0.1, 0.15) is 17.5 Å². The number of aryl methyl sites for hydroxylation is 1. The van der Waals surface area contributed by atoms with E-state index in [4.69, 9.17) is 4.74 Å². The van der Waals surface area contributed by atoms with E-state index in [-0.39, 0.29) is 0 Å². The zero-order valence-electron chi connectivity index (χ0n) is 12.0. The highest BCUT2D eigenvalue weighted by Crippen LogP contribution is 2.29. The van der Waals surface area contributed by atoms with Gasteiger partial charge < -0.3 is 10.1 Å². The van der Waals surface area contributed by atoms with E-state index in [1.165, 1.54) is 43.7 Å². The number of piperidine rings is 1. The summed E-state index contributed by atoms with van der Waals surface area (Å²) in [6.45, 7) is 8.05. The Balaban J connectivity index is 1.69. The number of ether oxygens (including phenoxy) is 1. The van der Waals surface area contributed by atoms with Gasteiger partial charge in [0.2, 0.25) is 0 Å². The highest BCUT2D eigenvalue weighted by Gasteiger charge is 2.32. The molecule has 3 rings (SSSR count). The van der Waals surface area contributed by atoms with Gasteiger partial charge in [-0.3, -0.25) is 4.90 Å². The van der Waals surface area contributed by atoms with Crippen LogP contribution in [-0.2, 0) is 6.54 Å². The Morgan fingerprint density at radius 1 is 1.32 bits per heavy atom. The standard InChI is InChI=1S/C16H24N2O/c1-12-3-4-16(19-2)14(7-12)10-18-6-5-13-8-17-9-15(13)11-18/h3-4,7,13,15,17H,5-6,8-11H2,1-2H3. The predicted molar refractivity (Wildman–Crippen MR) is 77.5 cm³/mol. The van der Waals surface area contributed by atoms with Crippen LogP contribution >= 0.6 is 0 Å². The fourth-order valence-electron chi connectivity index (χ4n) is 3.53. The van der Waals surface area contributed by atoms with Crippen molar-refractivity contribution in [2.45, 2.75) is 19.9 Å². The van der Waals surface area contributed by atoms with E-state index in [1.54, 1.807) is 7.11 Å². The average Bonchev–Trinajstić information content (AvgIpc) is 2.86. The van der Waals surface area contributed by atoms with Crippen LogP contribution in [-0.4, -0.2) is 38.2 Å². The summed E-state index contributed by atoms with van der Waals surface area (Å²) in [6.07, 6.45) is 1.34. The van der Waals surface area contributed by atoms with Crippen LogP contribution in [0.25, 0.3) is 0 Å². The monoisotopic (exact) mass is 260 g/mol. The first kappa shape index (κ1) is 12.9. The van der Waals surface area contributed by atoms with Gasteiger partial charge in [0.15, 0.2) is 0 Å². The Labute approximate surface area is 115 Å². The minimum Gasteiger partial charge on any atom is -0.496 e. The van der Waals surface area contributed by atoms with Crippen molar-refractivity contribution in [1.29, 1.82) is 0 Å². The van der Waals surface area contributed by atoms with E-state index in [1.807, 2.05) is 0 Å². The molecule has 1 aromatic rings. The lowest BCUT2D eigenvalue weighted by molar-refractivity contribution is 0.141. The molecular weight excluding hydrogens is 236 g/mol. The average molecular weight is 260 g/mol. The third-order valence-corrected chi connectivity index (χ3v) is 4.62. The van der Waals surface area contributed by atoms with Gasteiger partial charge in [-0.1, -0.05) is 17.7 Å². The quantitative estimate of drug-likeness (QED) is 0.900. The maximum Gasteiger partial charge on any atom is 0.123 e. The Morgan fingerprint density at radius 2 is 2.16 bits per heavy atom. The normalized spacial score (nSPS) is 27.3. The highest BCUT2D eigenvalue weighted by atomic mass is 16.5. The summed E-state index contributed by atoms with van der Waals surface area (Å²) in [5.41, 5.74) is 2.64. The van der Waals surface area contributed by atoms with Gasteiger partial charge in [-0.05, 0) is 50.9 Å². The molecule has 2 aliphatic rings. The number of hydrogen-bond acceptors (Lipinski definition) is 3. The summed E-state index contributed by atoms with van der Waals surface area (Å²) in [5, 5.41) is 3.53. The van der Waals surface area contributed by atoms with Crippen molar-refractivity contribution in [3.05, 3.63) is 29.3 Å². The molecule has 104 valence electrons. The first-order valence-corrected chi connectivity index (χ1v) is 7.33. The molecule has 0 spiro atoms. The Hall–Kier alpha value is -1.06. The lowest BCUT2D eigenvalue weighted by Gasteiger charge is -2.34. The number of likely N-dealkylation sites (tertiary alicyclic amines) is 1. The molecule has 2 heterocycles. The van der Waals surface area contributed by atoms with Gasteiger partial charge in [-0.25, -0.2) is 0 Å². The van der Waals surface area contributed by atoms with Crippen molar-refractivity contribution >= 4 is 0 Å². The predicted octanol–water partition coefficient (Wildman–Crippen LogP) is 2.04. The SMILES string of the molecule is COc1ccc(C)cc1CN1CCC2CNCC2C1. The van der Waals surface area contributed by atoms with Crippen molar-refractivity contribution in [2.75, 3.05) is 33.3 Å². The fourth-order valence-corrected chi connectivity index (χ4v) is 3.53. The molecule has 3 nitrogen and oxygen atoms in total. The Kier molecular flexibility index (Phi) is 3.76. The van der Waals surface area contributed by atoms with E-state index in [0.717, 1.165) is 24.1 Å². The molecular formula is C16H24N2O. The highest BCUT2D eigenvalue weighted by molar-refractivity contribution is 5.36. The minimum atomic E-state index is 0.851. The summed E-state index contributed by atoms with van der Waals surface area (Å²) < 4.78 is 5.49. The molecule has 0 radical (unpaired) electrons. The van der Waals surface area contributed by atoms with Crippen molar-refractivity contribution in [3.63, 3.8) is 0 Å². The van der Waals surface area contributed by atoms with E-state index in [2.05, 4.69) is 35.3 Å². The molecule has 0 aliphatic carbocycles. The van der Waals surface area contributed by atoms with Crippen LogP contribution in [0.5, 0.6) is 5.75 Å². The second-order valence-electron chi connectivity index (χ2n) is 6.02. The van der Waals surface area contributed by atoms with Crippen LogP contribution in [0.3, 0.4) is 0 Å². The minimum absolute atomic E-state index is 0.851. The summed E-state index contributed by atoms with van der Waals surface area (Å²) >= 11 is 0. The smallest absolute Gasteiger partial charge is 0.123 e. The molecule has 2 unspecified atom stereocenters. The van der Waals surface area contributed by atoms with Crippen LogP contribution in [0, 0.1) is 18.8 Å². The van der Waals surface area contributed by atoms with Gasteiger partial charge in [0, 0.05) is 18.7 Å². The van der Waals surface area contributed by atoms with Gasteiger partial charge in [-0.2, -0.15) is 0 Å². The van der Waals surface area contributed by atoms with Crippen LogP contribution in [0.15, 0.2) is 18.2 Å². The first-order chi connectivity index (χ1) is 9.26. The van der Waals surface area contributed by atoms with Crippen molar-refractivity contribution in [2.24, 2.45) is 11.8 Å².